The number of carbonyl (C=O) groups excluding carboxylic acids is 2. The van der Waals surface area contributed by atoms with E-state index in [0.717, 1.165) is 0 Å². The third-order valence-corrected chi connectivity index (χ3v) is 4.82. The molecule has 1 saturated heterocycles. The highest BCUT2D eigenvalue weighted by Gasteiger charge is 2.38. The molecule has 5 nitrogen and oxygen atoms in total. The Bertz CT molecular complexity index is 796. The number of rotatable bonds is 4. The number of hydrogen-bond acceptors (Lipinski definition) is 3. The van der Waals surface area contributed by atoms with Crippen molar-refractivity contribution in [2.24, 2.45) is 5.73 Å². The van der Waals surface area contributed by atoms with E-state index in [-0.39, 0.29) is 24.2 Å². The molecule has 138 valence electrons. The van der Waals surface area contributed by atoms with Gasteiger partial charge in [-0.15, -0.1) is 12.4 Å². The number of nitrogens with zero attached hydrogens (tertiary/aromatic N) is 1. The van der Waals surface area contributed by atoms with Crippen molar-refractivity contribution >= 4 is 41.5 Å². The Morgan fingerprint density at radius 2 is 1.81 bits per heavy atom. The molecule has 2 amide bonds. The third kappa shape index (κ3) is 3.85. The van der Waals surface area contributed by atoms with Crippen LogP contribution >= 0.6 is 24.0 Å². The maximum atomic E-state index is 12.7. The van der Waals surface area contributed by atoms with Crippen LogP contribution in [0.15, 0.2) is 54.6 Å². The fourth-order valence-electron chi connectivity index (χ4n) is 2.95. The van der Waals surface area contributed by atoms with Gasteiger partial charge in [-0.05, 0) is 31.0 Å². The molecule has 2 aromatic rings. The van der Waals surface area contributed by atoms with E-state index >= 15 is 0 Å². The second kappa shape index (κ2) is 8.08. The Balaban J connectivity index is 0.00000243. The van der Waals surface area contributed by atoms with Crippen LogP contribution in [0.4, 0.5) is 5.69 Å². The van der Waals surface area contributed by atoms with Crippen LogP contribution in [0.2, 0.25) is 5.02 Å². The lowest BCUT2D eigenvalue weighted by Crippen LogP contribution is -2.53. The van der Waals surface area contributed by atoms with E-state index in [1.54, 1.807) is 36.1 Å². The Labute approximate surface area is 163 Å². The molecule has 3 N–H and O–H groups in total. The first-order chi connectivity index (χ1) is 11.9. The van der Waals surface area contributed by atoms with Gasteiger partial charge in [-0.2, -0.15) is 0 Å². The summed E-state index contributed by atoms with van der Waals surface area (Å²) in [7, 11) is 0. The van der Waals surface area contributed by atoms with Crippen LogP contribution in [-0.4, -0.2) is 24.4 Å². The van der Waals surface area contributed by atoms with Crippen molar-refractivity contribution in [2.75, 3.05) is 11.4 Å². The second-order valence-corrected chi connectivity index (χ2v) is 6.73. The number of amides is 2. The predicted molar refractivity (Wildman–Crippen MR) is 106 cm³/mol. The summed E-state index contributed by atoms with van der Waals surface area (Å²) in [6.45, 7) is 2.14. The average molecular weight is 394 g/mol. The molecule has 7 heteroatoms. The van der Waals surface area contributed by atoms with E-state index in [9.17, 15) is 9.59 Å². The van der Waals surface area contributed by atoms with Crippen LogP contribution in [0.25, 0.3) is 0 Å². The quantitative estimate of drug-likeness (QED) is 0.838. The summed E-state index contributed by atoms with van der Waals surface area (Å²) in [5.74, 6) is -0.552. The van der Waals surface area contributed by atoms with E-state index in [0.29, 0.717) is 29.2 Å². The first kappa shape index (κ1) is 20.2. The minimum atomic E-state index is -1.21. The minimum absolute atomic E-state index is 0. The molecular weight excluding hydrogens is 373 g/mol. The predicted octanol–water partition coefficient (Wildman–Crippen LogP) is 2.86. The highest BCUT2D eigenvalue weighted by molar-refractivity contribution is 6.34. The SMILES string of the molecule is CC(N)(C(=O)NC1CCN(c2ccccc2Cl)C1=O)c1ccccc1.Cl. The van der Waals surface area contributed by atoms with Gasteiger partial charge in [0, 0.05) is 6.54 Å². The second-order valence-electron chi connectivity index (χ2n) is 6.32. The topological polar surface area (TPSA) is 75.4 Å². The smallest absolute Gasteiger partial charge is 0.249 e. The van der Waals surface area contributed by atoms with Crippen molar-refractivity contribution in [1.29, 1.82) is 0 Å². The number of carbonyl (C=O) groups is 2. The van der Waals surface area contributed by atoms with Gasteiger partial charge in [0.1, 0.15) is 11.6 Å². The summed E-state index contributed by atoms with van der Waals surface area (Å²) in [5.41, 5.74) is 6.36. The van der Waals surface area contributed by atoms with Gasteiger partial charge in [0.25, 0.3) is 0 Å². The zero-order chi connectivity index (χ0) is 18.0. The number of nitrogens with one attached hydrogen (secondary N) is 1. The summed E-state index contributed by atoms with van der Waals surface area (Å²) in [4.78, 5) is 26.9. The van der Waals surface area contributed by atoms with E-state index in [1.165, 1.54) is 0 Å². The van der Waals surface area contributed by atoms with Crippen LogP contribution in [0.5, 0.6) is 0 Å². The van der Waals surface area contributed by atoms with Crippen molar-refractivity contribution in [1.82, 2.24) is 5.32 Å². The van der Waals surface area contributed by atoms with Gasteiger partial charge in [0.2, 0.25) is 11.8 Å². The lowest BCUT2D eigenvalue weighted by Gasteiger charge is -2.26. The summed E-state index contributed by atoms with van der Waals surface area (Å²) < 4.78 is 0. The van der Waals surface area contributed by atoms with Gasteiger partial charge >= 0.3 is 0 Å². The molecule has 2 unspecified atom stereocenters. The molecule has 2 aromatic carbocycles. The maximum absolute atomic E-state index is 12.7. The van der Waals surface area contributed by atoms with Crippen LogP contribution in [0.3, 0.4) is 0 Å². The van der Waals surface area contributed by atoms with E-state index in [1.807, 2.05) is 30.3 Å². The van der Waals surface area contributed by atoms with Crippen molar-refractivity contribution in [3.63, 3.8) is 0 Å². The molecule has 2 atom stereocenters. The molecule has 1 heterocycles. The van der Waals surface area contributed by atoms with Crippen LogP contribution in [0, 0.1) is 0 Å². The average Bonchev–Trinajstić information content (AvgIpc) is 2.97. The van der Waals surface area contributed by atoms with E-state index < -0.39 is 11.6 Å². The largest absolute Gasteiger partial charge is 0.342 e. The molecule has 3 rings (SSSR count). The highest BCUT2D eigenvalue weighted by Crippen LogP contribution is 2.29. The number of hydrogen-bond donors (Lipinski definition) is 2. The molecule has 0 spiro atoms. The first-order valence-electron chi connectivity index (χ1n) is 8.12. The summed E-state index contributed by atoms with van der Waals surface area (Å²) in [5, 5.41) is 3.30. The number of nitrogens with two attached hydrogens (primary N) is 1. The molecule has 1 aliphatic rings. The lowest BCUT2D eigenvalue weighted by atomic mass is 9.92. The van der Waals surface area contributed by atoms with Crippen molar-refractivity contribution in [3.05, 3.63) is 65.2 Å². The highest BCUT2D eigenvalue weighted by atomic mass is 35.5. The fraction of sp³-hybridized carbons (Fsp3) is 0.263. The van der Waals surface area contributed by atoms with Crippen LogP contribution in [0.1, 0.15) is 18.9 Å². The Morgan fingerprint density at radius 3 is 2.46 bits per heavy atom. The van der Waals surface area contributed by atoms with Crippen LogP contribution < -0.4 is 16.0 Å². The number of benzene rings is 2. The molecular formula is C19H21Cl2N3O2. The van der Waals surface area contributed by atoms with Crippen molar-refractivity contribution in [2.45, 2.75) is 24.9 Å². The van der Waals surface area contributed by atoms with E-state index in [2.05, 4.69) is 5.32 Å². The normalized spacial score (nSPS) is 18.8. The standard InChI is InChI=1S/C19H20ClN3O2.ClH/c1-19(21,13-7-3-2-4-8-13)18(25)22-15-11-12-23(17(15)24)16-10-6-5-9-14(16)20;/h2-10,15H,11-12,21H2,1H3,(H,22,25);1H. The summed E-state index contributed by atoms with van der Waals surface area (Å²) >= 11 is 6.17. The Morgan fingerprint density at radius 1 is 1.19 bits per heavy atom. The van der Waals surface area contributed by atoms with Gasteiger partial charge in [-0.25, -0.2) is 0 Å². The zero-order valence-corrected chi connectivity index (χ0v) is 15.9. The Hall–Kier alpha value is -2.08. The third-order valence-electron chi connectivity index (χ3n) is 4.50. The monoisotopic (exact) mass is 393 g/mol. The molecule has 1 aliphatic heterocycles. The number of para-hydroxylation sites is 1. The maximum Gasteiger partial charge on any atom is 0.249 e. The molecule has 1 fully saturated rings. The van der Waals surface area contributed by atoms with Gasteiger partial charge in [0.15, 0.2) is 0 Å². The Kier molecular flexibility index (Phi) is 6.29. The molecule has 26 heavy (non-hydrogen) atoms. The van der Waals surface area contributed by atoms with E-state index in [4.69, 9.17) is 17.3 Å². The zero-order valence-electron chi connectivity index (χ0n) is 14.3. The summed E-state index contributed by atoms with van der Waals surface area (Å²) in [6.07, 6.45) is 0.515. The minimum Gasteiger partial charge on any atom is -0.342 e. The van der Waals surface area contributed by atoms with Gasteiger partial charge in [-0.3, -0.25) is 9.59 Å². The fourth-order valence-corrected chi connectivity index (χ4v) is 3.19. The molecule has 0 bridgehead atoms. The summed E-state index contributed by atoms with van der Waals surface area (Å²) in [6, 6.07) is 15.7. The van der Waals surface area contributed by atoms with Gasteiger partial charge in [0.05, 0.1) is 10.7 Å². The molecule has 0 aliphatic carbocycles. The van der Waals surface area contributed by atoms with Crippen molar-refractivity contribution in [3.8, 4) is 0 Å². The molecule has 0 saturated carbocycles. The lowest BCUT2D eigenvalue weighted by molar-refractivity contribution is -0.130. The molecule has 0 radical (unpaired) electrons. The van der Waals surface area contributed by atoms with Gasteiger partial charge in [-0.1, -0.05) is 54.1 Å². The number of halogens is 2. The first-order valence-corrected chi connectivity index (χ1v) is 8.50. The van der Waals surface area contributed by atoms with Gasteiger partial charge < -0.3 is 16.0 Å². The van der Waals surface area contributed by atoms with Crippen molar-refractivity contribution < 1.29 is 9.59 Å². The number of anilines is 1. The van der Waals surface area contributed by atoms with Crippen LogP contribution in [-0.2, 0) is 15.1 Å². The molecule has 0 aromatic heterocycles.